The number of hydrogen-bond acceptors (Lipinski definition) is 3. The van der Waals surface area contributed by atoms with Crippen LogP contribution in [0.2, 0.25) is 0 Å². The maximum atomic E-state index is 13.4. The van der Waals surface area contributed by atoms with Gasteiger partial charge in [-0.25, -0.2) is 4.39 Å². The molecule has 1 heterocycles. The Morgan fingerprint density at radius 3 is 2.68 bits per heavy atom. The van der Waals surface area contributed by atoms with Gasteiger partial charge in [0.15, 0.2) is 0 Å². The van der Waals surface area contributed by atoms with E-state index in [2.05, 4.69) is 29.0 Å². The van der Waals surface area contributed by atoms with Crippen molar-refractivity contribution < 1.29 is 13.9 Å². The van der Waals surface area contributed by atoms with Crippen molar-refractivity contribution in [2.24, 2.45) is 0 Å². The normalized spacial score (nSPS) is 12.3. The lowest BCUT2D eigenvalue weighted by Crippen LogP contribution is -2.38. The van der Waals surface area contributed by atoms with Gasteiger partial charge in [-0.05, 0) is 55.1 Å². The number of rotatable bonds is 8. The summed E-state index contributed by atoms with van der Waals surface area (Å²) in [7, 11) is 1.64. The van der Waals surface area contributed by atoms with Crippen molar-refractivity contribution in [3.63, 3.8) is 0 Å². The number of nitrogens with one attached hydrogen (secondary N) is 2. The van der Waals surface area contributed by atoms with E-state index in [4.69, 9.17) is 4.74 Å². The summed E-state index contributed by atoms with van der Waals surface area (Å²) in [6, 6.07) is 14.0. The molecule has 3 aromatic rings. The molecule has 0 fully saturated rings. The van der Waals surface area contributed by atoms with Crippen LogP contribution in [0.25, 0.3) is 10.9 Å². The largest absolute Gasteiger partial charge is 0.497 e. The third-order valence-electron chi connectivity index (χ3n) is 5.02. The lowest BCUT2D eigenvalue weighted by atomic mass is 10.0. The first-order chi connectivity index (χ1) is 13.5. The first kappa shape index (κ1) is 19.9. The Bertz CT molecular complexity index is 950. The molecule has 6 heteroatoms. The molecule has 3 rings (SSSR count). The molecule has 1 unspecified atom stereocenters. The van der Waals surface area contributed by atoms with Gasteiger partial charge < -0.3 is 15.0 Å². The smallest absolute Gasteiger partial charge is 0.267 e. The third kappa shape index (κ3) is 4.34. The zero-order valence-electron chi connectivity index (χ0n) is 16.5. The highest BCUT2D eigenvalue weighted by Crippen LogP contribution is 2.24. The molecule has 5 nitrogen and oxygen atoms in total. The second kappa shape index (κ2) is 8.89. The maximum absolute atomic E-state index is 13.4. The summed E-state index contributed by atoms with van der Waals surface area (Å²) >= 11 is 0. The summed E-state index contributed by atoms with van der Waals surface area (Å²) in [5.74, 6) is 0.258. The van der Waals surface area contributed by atoms with Gasteiger partial charge in [-0.15, -0.1) is 0 Å². The predicted molar refractivity (Wildman–Crippen MR) is 109 cm³/mol. The van der Waals surface area contributed by atoms with Gasteiger partial charge in [-0.1, -0.05) is 26.0 Å². The number of carbonyl (C=O) groups excluding carboxylic acids is 1. The molecule has 0 aliphatic heterocycles. The van der Waals surface area contributed by atoms with Crippen LogP contribution in [0.1, 0.15) is 35.9 Å². The summed E-state index contributed by atoms with van der Waals surface area (Å²) < 4.78 is 18.7. The molecule has 0 bridgehead atoms. The van der Waals surface area contributed by atoms with Gasteiger partial charge >= 0.3 is 0 Å². The Labute approximate surface area is 164 Å². The van der Waals surface area contributed by atoms with E-state index < -0.39 is 0 Å². The lowest BCUT2D eigenvalue weighted by Gasteiger charge is -2.30. The van der Waals surface area contributed by atoms with Crippen molar-refractivity contribution in [3.05, 3.63) is 65.6 Å². The topological polar surface area (TPSA) is 57.4 Å². The number of halogens is 1. The van der Waals surface area contributed by atoms with Crippen LogP contribution in [0.4, 0.5) is 4.39 Å². The molecule has 2 aromatic carbocycles. The molecule has 1 aromatic heterocycles. The Hall–Kier alpha value is -2.86. The van der Waals surface area contributed by atoms with E-state index in [0.717, 1.165) is 29.9 Å². The zero-order chi connectivity index (χ0) is 20.1. The number of ether oxygens (including phenoxy) is 1. The molecule has 0 aliphatic carbocycles. The molecule has 0 saturated heterocycles. The summed E-state index contributed by atoms with van der Waals surface area (Å²) in [6.45, 7) is 6.38. The SMILES string of the molecule is CCN(CC)C(CNC(=O)c1cc2cc(F)ccc2[nH]1)c1cccc(OC)c1. The van der Waals surface area contributed by atoms with Crippen molar-refractivity contribution in [2.75, 3.05) is 26.7 Å². The number of hydrogen-bond donors (Lipinski definition) is 2. The first-order valence-electron chi connectivity index (χ1n) is 9.50. The highest BCUT2D eigenvalue weighted by atomic mass is 19.1. The summed E-state index contributed by atoms with van der Waals surface area (Å²) in [4.78, 5) is 18.0. The fraction of sp³-hybridized carbons (Fsp3) is 0.318. The van der Waals surface area contributed by atoms with E-state index in [1.54, 1.807) is 19.2 Å². The second-order valence-corrected chi connectivity index (χ2v) is 6.64. The van der Waals surface area contributed by atoms with Gasteiger partial charge in [0.2, 0.25) is 0 Å². The molecular formula is C22H26FN3O2. The molecule has 1 amide bonds. The van der Waals surface area contributed by atoms with E-state index in [9.17, 15) is 9.18 Å². The Balaban J connectivity index is 1.78. The Morgan fingerprint density at radius 1 is 1.18 bits per heavy atom. The number of fused-ring (bicyclic) bond motifs is 1. The monoisotopic (exact) mass is 383 g/mol. The van der Waals surface area contributed by atoms with Crippen LogP contribution in [-0.4, -0.2) is 42.5 Å². The fourth-order valence-corrected chi connectivity index (χ4v) is 3.48. The zero-order valence-corrected chi connectivity index (χ0v) is 16.5. The van der Waals surface area contributed by atoms with E-state index in [1.165, 1.54) is 12.1 Å². The second-order valence-electron chi connectivity index (χ2n) is 6.64. The number of methoxy groups -OCH3 is 1. The average molecular weight is 383 g/mol. The molecule has 2 N–H and O–H groups in total. The van der Waals surface area contributed by atoms with Crippen LogP contribution < -0.4 is 10.1 Å². The van der Waals surface area contributed by atoms with Gasteiger partial charge in [0.05, 0.1) is 13.2 Å². The molecule has 0 aliphatic rings. The van der Waals surface area contributed by atoms with Gasteiger partial charge in [0.25, 0.3) is 5.91 Å². The summed E-state index contributed by atoms with van der Waals surface area (Å²) in [5.41, 5.74) is 2.24. The number of amides is 1. The van der Waals surface area contributed by atoms with Crippen LogP contribution >= 0.6 is 0 Å². The average Bonchev–Trinajstić information content (AvgIpc) is 3.14. The van der Waals surface area contributed by atoms with Crippen LogP contribution in [0, 0.1) is 5.82 Å². The minimum atomic E-state index is -0.321. The molecule has 1 atom stereocenters. The molecule has 0 spiro atoms. The highest BCUT2D eigenvalue weighted by molar-refractivity contribution is 5.98. The van der Waals surface area contributed by atoms with Crippen LogP contribution in [0.3, 0.4) is 0 Å². The number of benzene rings is 2. The van der Waals surface area contributed by atoms with Gasteiger partial charge in [0.1, 0.15) is 17.3 Å². The van der Waals surface area contributed by atoms with Gasteiger partial charge in [-0.3, -0.25) is 9.69 Å². The van der Waals surface area contributed by atoms with Gasteiger partial charge in [-0.2, -0.15) is 0 Å². The van der Waals surface area contributed by atoms with Crippen molar-refractivity contribution in [3.8, 4) is 5.75 Å². The van der Waals surface area contributed by atoms with E-state index in [0.29, 0.717) is 17.6 Å². The molecular weight excluding hydrogens is 357 g/mol. The standard InChI is InChI=1S/C22H26FN3O2/c1-4-26(5-2)21(15-7-6-8-18(12-15)28-3)14-24-22(27)20-13-16-11-17(23)9-10-19(16)25-20/h6-13,21,25H,4-5,14H2,1-3H3,(H,24,27). The number of aromatic nitrogens is 1. The Morgan fingerprint density at radius 2 is 1.96 bits per heavy atom. The number of nitrogens with zero attached hydrogens (tertiary/aromatic N) is 1. The minimum absolute atomic E-state index is 0.0240. The molecule has 0 radical (unpaired) electrons. The van der Waals surface area contributed by atoms with Crippen LogP contribution in [0.5, 0.6) is 5.75 Å². The number of H-pyrrole nitrogens is 1. The molecule has 28 heavy (non-hydrogen) atoms. The number of likely N-dealkylation sites (N-methyl/N-ethyl adjacent to an activating group) is 1. The first-order valence-corrected chi connectivity index (χ1v) is 9.50. The van der Waals surface area contributed by atoms with Crippen molar-refractivity contribution >= 4 is 16.8 Å². The number of aromatic amines is 1. The number of carbonyl (C=O) groups is 1. The van der Waals surface area contributed by atoms with E-state index in [-0.39, 0.29) is 17.8 Å². The van der Waals surface area contributed by atoms with E-state index in [1.807, 2.05) is 24.3 Å². The third-order valence-corrected chi connectivity index (χ3v) is 5.02. The van der Waals surface area contributed by atoms with Crippen LogP contribution in [-0.2, 0) is 0 Å². The maximum Gasteiger partial charge on any atom is 0.267 e. The van der Waals surface area contributed by atoms with Crippen molar-refractivity contribution in [1.29, 1.82) is 0 Å². The van der Waals surface area contributed by atoms with Gasteiger partial charge in [0, 0.05) is 17.4 Å². The minimum Gasteiger partial charge on any atom is -0.497 e. The Kier molecular flexibility index (Phi) is 6.31. The van der Waals surface area contributed by atoms with Crippen molar-refractivity contribution in [2.45, 2.75) is 19.9 Å². The van der Waals surface area contributed by atoms with E-state index >= 15 is 0 Å². The summed E-state index contributed by atoms with van der Waals surface area (Å²) in [6.07, 6.45) is 0. The van der Waals surface area contributed by atoms with Crippen LogP contribution in [0.15, 0.2) is 48.5 Å². The lowest BCUT2D eigenvalue weighted by molar-refractivity contribution is 0.0930. The summed E-state index contributed by atoms with van der Waals surface area (Å²) in [5, 5.41) is 3.69. The molecule has 0 saturated carbocycles. The predicted octanol–water partition coefficient (Wildman–Crippen LogP) is 4.13. The van der Waals surface area contributed by atoms with Crippen molar-refractivity contribution in [1.82, 2.24) is 15.2 Å². The quantitative estimate of drug-likeness (QED) is 0.615. The molecule has 148 valence electrons. The highest BCUT2D eigenvalue weighted by Gasteiger charge is 2.20. The fourth-order valence-electron chi connectivity index (χ4n) is 3.48.